The van der Waals surface area contributed by atoms with Crippen molar-refractivity contribution in [2.45, 2.75) is 51.6 Å². The van der Waals surface area contributed by atoms with Crippen LogP contribution < -0.4 is 5.32 Å². The summed E-state index contributed by atoms with van der Waals surface area (Å²) in [5, 5.41) is 12.6. The first-order chi connectivity index (χ1) is 7.05. The van der Waals surface area contributed by atoms with Gasteiger partial charge in [-0.15, -0.1) is 0 Å². The summed E-state index contributed by atoms with van der Waals surface area (Å²) in [6.07, 6.45) is 3.12. The third-order valence-corrected chi connectivity index (χ3v) is 3.33. The Morgan fingerprint density at radius 3 is 2.53 bits per heavy atom. The first-order valence-corrected chi connectivity index (χ1v) is 6.01. The van der Waals surface area contributed by atoms with E-state index in [1.807, 2.05) is 0 Å². The number of hydrogen-bond acceptors (Lipinski definition) is 3. The predicted octanol–water partition coefficient (Wildman–Crippen LogP) is 1.55. The second-order valence-electron chi connectivity index (χ2n) is 5.24. The highest BCUT2D eigenvalue weighted by molar-refractivity contribution is 4.84. The largest absolute Gasteiger partial charge is 0.396 e. The third-order valence-electron chi connectivity index (χ3n) is 3.33. The summed E-state index contributed by atoms with van der Waals surface area (Å²) in [5.41, 5.74) is 0.0342. The molecule has 3 nitrogen and oxygen atoms in total. The lowest BCUT2D eigenvalue weighted by molar-refractivity contribution is 0.0508. The summed E-state index contributed by atoms with van der Waals surface area (Å²) < 4.78 is 5.36. The van der Waals surface area contributed by atoms with Crippen molar-refractivity contribution >= 4 is 0 Å². The fraction of sp³-hybridized carbons (Fsp3) is 1.00. The third kappa shape index (κ3) is 4.49. The average molecular weight is 215 g/mol. The van der Waals surface area contributed by atoms with Gasteiger partial charge in [-0.1, -0.05) is 0 Å². The van der Waals surface area contributed by atoms with Crippen LogP contribution in [0, 0.1) is 5.92 Å². The number of aliphatic hydroxyl groups excluding tert-OH is 1. The van der Waals surface area contributed by atoms with Crippen LogP contribution in [0.4, 0.5) is 0 Å². The number of hydrogen-bond donors (Lipinski definition) is 2. The standard InChI is InChI=1S/C12H25NO2/c1-10(11-4-8-15-9-5-11)13-12(2,3)6-7-14/h10-11,13-14H,4-9H2,1-3H3. The minimum Gasteiger partial charge on any atom is -0.396 e. The maximum absolute atomic E-state index is 8.97. The normalized spacial score (nSPS) is 21.6. The Bertz CT molecular complexity index is 176. The van der Waals surface area contributed by atoms with Crippen LogP contribution in [0.5, 0.6) is 0 Å². The van der Waals surface area contributed by atoms with E-state index >= 15 is 0 Å². The van der Waals surface area contributed by atoms with E-state index in [9.17, 15) is 0 Å². The fourth-order valence-electron chi connectivity index (χ4n) is 2.30. The zero-order valence-corrected chi connectivity index (χ0v) is 10.3. The van der Waals surface area contributed by atoms with Crippen LogP contribution >= 0.6 is 0 Å². The number of ether oxygens (including phenoxy) is 1. The van der Waals surface area contributed by atoms with Gasteiger partial charge in [-0.3, -0.25) is 0 Å². The smallest absolute Gasteiger partial charge is 0.0469 e. The van der Waals surface area contributed by atoms with Gasteiger partial charge in [-0.05, 0) is 46.0 Å². The summed E-state index contributed by atoms with van der Waals surface area (Å²) in [6, 6.07) is 0.510. The Kier molecular flexibility index (Phi) is 5.03. The van der Waals surface area contributed by atoms with E-state index in [2.05, 4.69) is 26.1 Å². The van der Waals surface area contributed by atoms with E-state index in [4.69, 9.17) is 9.84 Å². The molecule has 1 aliphatic rings. The Hall–Kier alpha value is -0.120. The molecule has 0 aromatic rings. The molecule has 1 rings (SSSR count). The monoisotopic (exact) mass is 215 g/mol. The van der Waals surface area contributed by atoms with Gasteiger partial charge in [0, 0.05) is 31.4 Å². The molecular formula is C12H25NO2. The van der Waals surface area contributed by atoms with Crippen molar-refractivity contribution in [1.29, 1.82) is 0 Å². The van der Waals surface area contributed by atoms with Gasteiger partial charge in [0.05, 0.1) is 0 Å². The topological polar surface area (TPSA) is 41.5 Å². The van der Waals surface area contributed by atoms with Gasteiger partial charge < -0.3 is 15.2 Å². The quantitative estimate of drug-likeness (QED) is 0.731. The van der Waals surface area contributed by atoms with E-state index < -0.39 is 0 Å². The summed E-state index contributed by atoms with van der Waals surface area (Å²) in [6.45, 7) is 8.60. The molecule has 0 amide bonds. The molecule has 0 radical (unpaired) electrons. The minimum atomic E-state index is 0.0342. The second-order valence-corrected chi connectivity index (χ2v) is 5.24. The lowest BCUT2D eigenvalue weighted by atomic mass is 9.90. The molecule has 0 aromatic carbocycles. The van der Waals surface area contributed by atoms with Crippen molar-refractivity contribution in [3.05, 3.63) is 0 Å². The maximum atomic E-state index is 8.97. The van der Waals surface area contributed by atoms with Crippen LogP contribution in [0.15, 0.2) is 0 Å². The molecule has 3 heteroatoms. The molecule has 0 bridgehead atoms. The van der Waals surface area contributed by atoms with Crippen LogP contribution in [0.1, 0.15) is 40.0 Å². The Morgan fingerprint density at radius 1 is 1.40 bits per heavy atom. The molecule has 0 spiro atoms. The summed E-state index contributed by atoms with van der Waals surface area (Å²) >= 11 is 0. The van der Waals surface area contributed by atoms with E-state index in [1.54, 1.807) is 0 Å². The van der Waals surface area contributed by atoms with E-state index in [0.29, 0.717) is 6.04 Å². The van der Waals surface area contributed by atoms with Crippen molar-refractivity contribution in [1.82, 2.24) is 5.32 Å². The summed E-state index contributed by atoms with van der Waals surface area (Å²) in [7, 11) is 0. The van der Waals surface area contributed by atoms with Crippen LogP contribution in [0.2, 0.25) is 0 Å². The first-order valence-electron chi connectivity index (χ1n) is 6.01. The number of aliphatic hydroxyl groups is 1. The highest BCUT2D eigenvalue weighted by Crippen LogP contribution is 2.21. The average Bonchev–Trinajstić information content (AvgIpc) is 2.18. The molecule has 15 heavy (non-hydrogen) atoms. The fourth-order valence-corrected chi connectivity index (χ4v) is 2.30. The van der Waals surface area contributed by atoms with Crippen LogP contribution in [-0.2, 0) is 4.74 Å². The number of rotatable bonds is 5. The molecule has 2 N–H and O–H groups in total. The predicted molar refractivity (Wildman–Crippen MR) is 61.9 cm³/mol. The Balaban J connectivity index is 2.35. The van der Waals surface area contributed by atoms with E-state index in [0.717, 1.165) is 38.4 Å². The maximum Gasteiger partial charge on any atom is 0.0469 e. The zero-order valence-electron chi connectivity index (χ0n) is 10.3. The molecule has 1 unspecified atom stereocenters. The van der Waals surface area contributed by atoms with Gasteiger partial charge in [-0.25, -0.2) is 0 Å². The molecule has 0 aromatic heterocycles. The summed E-state index contributed by atoms with van der Waals surface area (Å²) in [4.78, 5) is 0. The van der Waals surface area contributed by atoms with Gasteiger partial charge in [0.1, 0.15) is 0 Å². The van der Waals surface area contributed by atoms with Crippen LogP contribution in [0.25, 0.3) is 0 Å². The lowest BCUT2D eigenvalue weighted by Gasteiger charge is -2.35. The SMILES string of the molecule is CC(NC(C)(C)CCO)C1CCOCC1. The molecule has 0 saturated carbocycles. The van der Waals surface area contributed by atoms with Gasteiger partial charge in [0.15, 0.2) is 0 Å². The van der Waals surface area contributed by atoms with Crippen LogP contribution in [-0.4, -0.2) is 36.5 Å². The Labute approximate surface area is 93.2 Å². The van der Waals surface area contributed by atoms with Crippen LogP contribution in [0.3, 0.4) is 0 Å². The first kappa shape index (κ1) is 12.9. The molecule has 1 saturated heterocycles. The van der Waals surface area contributed by atoms with Crippen molar-refractivity contribution in [2.75, 3.05) is 19.8 Å². The van der Waals surface area contributed by atoms with Crippen molar-refractivity contribution in [2.24, 2.45) is 5.92 Å². The molecule has 1 aliphatic heterocycles. The molecular weight excluding hydrogens is 190 g/mol. The highest BCUT2D eigenvalue weighted by Gasteiger charge is 2.25. The highest BCUT2D eigenvalue weighted by atomic mass is 16.5. The molecule has 0 aliphatic carbocycles. The second kappa shape index (κ2) is 5.83. The van der Waals surface area contributed by atoms with Gasteiger partial charge >= 0.3 is 0 Å². The molecule has 1 atom stereocenters. The zero-order chi connectivity index (χ0) is 11.3. The summed E-state index contributed by atoms with van der Waals surface area (Å²) in [5.74, 6) is 0.719. The van der Waals surface area contributed by atoms with E-state index in [-0.39, 0.29) is 12.1 Å². The van der Waals surface area contributed by atoms with Crippen molar-refractivity contribution in [3.63, 3.8) is 0 Å². The molecule has 1 fully saturated rings. The molecule has 1 heterocycles. The van der Waals surface area contributed by atoms with E-state index in [1.165, 1.54) is 0 Å². The Morgan fingerprint density at radius 2 is 2.00 bits per heavy atom. The minimum absolute atomic E-state index is 0.0342. The van der Waals surface area contributed by atoms with Crippen molar-refractivity contribution < 1.29 is 9.84 Å². The number of nitrogens with one attached hydrogen (secondary N) is 1. The lowest BCUT2D eigenvalue weighted by Crippen LogP contribution is -2.49. The molecule has 90 valence electrons. The van der Waals surface area contributed by atoms with Crippen molar-refractivity contribution in [3.8, 4) is 0 Å². The van der Waals surface area contributed by atoms with Gasteiger partial charge in [0.25, 0.3) is 0 Å². The van der Waals surface area contributed by atoms with Gasteiger partial charge in [-0.2, -0.15) is 0 Å². The van der Waals surface area contributed by atoms with Gasteiger partial charge in [0.2, 0.25) is 0 Å².